The fourth-order valence-corrected chi connectivity index (χ4v) is 2.91. The fraction of sp³-hybridized carbons (Fsp3) is 0.368. The summed E-state index contributed by atoms with van der Waals surface area (Å²) in [6, 6.07) is 11.9. The summed E-state index contributed by atoms with van der Waals surface area (Å²) in [7, 11) is 0. The topological polar surface area (TPSA) is 45.2 Å². The monoisotopic (exact) mass is 309 g/mol. The molecular weight excluding hydrogens is 286 g/mol. The van der Waals surface area contributed by atoms with Crippen molar-refractivity contribution in [1.82, 2.24) is 4.98 Å². The van der Waals surface area contributed by atoms with E-state index in [4.69, 9.17) is 0 Å². The maximum Gasteiger partial charge on any atom is 0.228 e. The van der Waals surface area contributed by atoms with Gasteiger partial charge in [-0.15, -0.1) is 0 Å². The number of pyridine rings is 1. The summed E-state index contributed by atoms with van der Waals surface area (Å²) in [5.41, 5.74) is 3.05. The summed E-state index contributed by atoms with van der Waals surface area (Å²) in [6.07, 6.45) is 6.29. The van der Waals surface area contributed by atoms with E-state index in [2.05, 4.69) is 34.3 Å². The molecule has 1 N–H and O–H groups in total. The largest absolute Gasteiger partial charge is 0.372 e. The summed E-state index contributed by atoms with van der Waals surface area (Å²) in [4.78, 5) is 18.4. The normalized spacial score (nSPS) is 15.4. The molecule has 1 fully saturated rings. The van der Waals surface area contributed by atoms with Crippen LogP contribution in [0.2, 0.25) is 0 Å². The molecule has 2 heterocycles. The smallest absolute Gasteiger partial charge is 0.228 e. The van der Waals surface area contributed by atoms with E-state index in [9.17, 15) is 4.79 Å². The summed E-state index contributed by atoms with van der Waals surface area (Å²) in [6.45, 7) is 4.56. The van der Waals surface area contributed by atoms with Crippen molar-refractivity contribution in [2.24, 2.45) is 5.92 Å². The first-order valence-corrected chi connectivity index (χ1v) is 8.24. The van der Waals surface area contributed by atoms with Crippen LogP contribution >= 0.6 is 0 Å². The van der Waals surface area contributed by atoms with Crippen molar-refractivity contribution >= 4 is 17.3 Å². The molecule has 4 heteroatoms. The summed E-state index contributed by atoms with van der Waals surface area (Å²) in [5.74, 6) is 0.828. The van der Waals surface area contributed by atoms with Crippen molar-refractivity contribution in [2.75, 3.05) is 23.3 Å². The molecule has 3 rings (SSSR count). The Morgan fingerprint density at radius 3 is 2.43 bits per heavy atom. The van der Waals surface area contributed by atoms with Gasteiger partial charge in [0, 0.05) is 36.9 Å². The van der Waals surface area contributed by atoms with Crippen LogP contribution in [0.25, 0.3) is 0 Å². The molecule has 1 aliphatic rings. The number of anilines is 2. The lowest BCUT2D eigenvalue weighted by atomic mass is 9.99. The zero-order chi connectivity index (χ0) is 16.1. The van der Waals surface area contributed by atoms with E-state index in [1.54, 1.807) is 12.4 Å². The Kier molecular flexibility index (Phi) is 4.91. The highest BCUT2D eigenvalue weighted by atomic mass is 16.1. The van der Waals surface area contributed by atoms with E-state index in [-0.39, 0.29) is 5.91 Å². The lowest BCUT2D eigenvalue weighted by Crippen LogP contribution is -2.32. The van der Waals surface area contributed by atoms with Gasteiger partial charge in [0.2, 0.25) is 5.91 Å². The minimum Gasteiger partial charge on any atom is -0.372 e. The van der Waals surface area contributed by atoms with Gasteiger partial charge in [0.25, 0.3) is 0 Å². The third kappa shape index (κ3) is 4.31. The maximum atomic E-state index is 12.1. The molecule has 0 spiro atoms. The van der Waals surface area contributed by atoms with E-state index in [1.807, 2.05) is 24.3 Å². The van der Waals surface area contributed by atoms with Crippen molar-refractivity contribution in [3.63, 3.8) is 0 Å². The average molecular weight is 309 g/mol. The van der Waals surface area contributed by atoms with E-state index >= 15 is 0 Å². The molecule has 0 atom stereocenters. The molecule has 0 saturated carbocycles. The lowest BCUT2D eigenvalue weighted by Gasteiger charge is -2.32. The van der Waals surface area contributed by atoms with Gasteiger partial charge in [-0.3, -0.25) is 9.78 Å². The Morgan fingerprint density at radius 1 is 1.13 bits per heavy atom. The molecular formula is C19H23N3O. The van der Waals surface area contributed by atoms with Gasteiger partial charge in [0.05, 0.1) is 6.42 Å². The molecule has 120 valence electrons. The molecule has 0 radical (unpaired) electrons. The standard InChI is InChI=1S/C19H23N3O/c1-15-8-12-22(13-9-15)18-4-2-17(3-5-18)21-19(23)14-16-6-10-20-11-7-16/h2-7,10-11,15H,8-9,12-14H2,1H3,(H,21,23). The molecule has 1 amide bonds. The molecule has 23 heavy (non-hydrogen) atoms. The average Bonchev–Trinajstić information content (AvgIpc) is 2.57. The summed E-state index contributed by atoms with van der Waals surface area (Å²) >= 11 is 0. The minimum atomic E-state index is -0.00394. The highest BCUT2D eigenvalue weighted by molar-refractivity contribution is 5.92. The van der Waals surface area contributed by atoms with Gasteiger partial charge in [0.15, 0.2) is 0 Å². The molecule has 0 unspecified atom stereocenters. The number of rotatable bonds is 4. The van der Waals surface area contributed by atoms with Crippen LogP contribution in [0.5, 0.6) is 0 Å². The number of aromatic nitrogens is 1. The molecule has 1 saturated heterocycles. The maximum absolute atomic E-state index is 12.1. The van der Waals surface area contributed by atoms with E-state index in [1.165, 1.54) is 18.5 Å². The zero-order valence-corrected chi connectivity index (χ0v) is 13.5. The second-order valence-corrected chi connectivity index (χ2v) is 6.30. The van der Waals surface area contributed by atoms with Crippen LogP contribution < -0.4 is 10.2 Å². The molecule has 4 nitrogen and oxygen atoms in total. The van der Waals surface area contributed by atoms with Gasteiger partial charge in [-0.2, -0.15) is 0 Å². The van der Waals surface area contributed by atoms with E-state index in [0.717, 1.165) is 30.3 Å². The van der Waals surface area contributed by atoms with Gasteiger partial charge in [-0.1, -0.05) is 6.92 Å². The Labute approximate surface area is 137 Å². The van der Waals surface area contributed by atoms with E-state index in [0.29, 0.717) is 6.42 Å². The third-order valence-corrected chi connectivity index (χ3v) is 4.41. The second-order valence-electron chi connectivity index (χ2n) is 6.30. The van der Waals surface area contributed by atoms with Gasteiger partial charge in [0.1, 0.15) is 0 Å². The highest BCUT2D eigenvalue weighted by Crippen LogP contribution is 2.24. The van der Waals surface area contributed by atoms with Crippen molar-refractivity contribution < 1.29 is 4.79 Å². The number of carbonyl (C=O) groups is 1. The van der Waals surface area contributed by atoms with Gasteiger partial charge in [-0.05, 0) is 60.7 Å². The predicted molar refractivity (Wildman–Crippen MR) is 93.6 cm³/mol. The van der Waals surface area contributed by atoms with Crippen LogP contribution in [0.4, 0.5) is 11.4 Å². The first kappa shape index (κ1) is 15.5. The number of piperidine rings is 1. The van der Waals surface area contributed by atoms with Crippen LogP contribution in [-0.4, -0.2) is 24.0 Å². The number of benzene rings is 1. The fourth-order valence-electron chi connectivity index (χ4n) is 2.91. The first-order valence-electron chi connectivity index (χ1n) is 8.24. The minimum absolute atomic E-state index is 0.00394. The van der Waals surface area contributed by atoms with Gasteiger partial charge < -0.3 is 10.2 Å². The van der Waals surface area contributed by atoms with Crippen LogP contribution in [0.1, 0.15) is 25.3 Å². The Hall–Kier alpha value is -2.36. The summed E-state index contributed by atoms with van der Waals surface area (Å²) in [5, 5.41) is 2.95. The quantitative estimate of drug-likeness (QED) is 0.940. The molecule has 0 aliphatic carbocycles. The number of hydrogen-bond acceptors (Lipinski definition) is 3. The first-order chi connectivity index (χ1) is 11.2. The second kappa shape index (κ2) is 7.27. The number of amides is 1. The van der Waals surface area contributed by atoms with Crippen molar-refractivity contribution in [1.29, 1.82) is 0 Å². The van der Waals surface area contributed by atoms with E-state index < -0.39 is 0 Å². The molecule has 2 aromatic rings. The molecule has 1 aromatic carbocycles. The van der Waals surface area contributed by atoms with Crippen LogP contribution in [-0.2, 0) is 11.2 Å². The molecule has 1 aliphatic heterocycles. The van der Waals surface area contributed by atoms with Crippen LogP contribution in [0, 0.1) is 5.92 Å². The predicted octanol–water partition coefficient (Wildman–Crippen LogP) is 3.50. The van der Waals surface area contributed by atoms with Crippen LogP contribution in [0.3, 0.4) is 0 Å². The Morgan fingerprint density at radius 2 is 1.78 bits per heavy atom. The third-order valence-electron chi connectivity index (χ3n) is 4.41. The number of nitrogens with one attached hydrogen (secondary N) is 1. The summed E-state index contributed by atoms with van der Waals surface area (Å²) < 4.78 is 0. The Balaban J connectivity index is 1.56. The SMILES string of the molecule is CC1CCN(c2ccc(NC(=O)Cc3ccncc3)cc2)CC1. The number of nitrogens with zero attached hydrogens (tertiary/aromatic N) is 2. The van der Waals surface area contributed by atoms with Crippen molar-refractivity contribution in [3.05, 3.63) is 54.4 Å². The molecule has 0 bridgehead atoms. The van der Waals surface area contributed by atoms with Crippen LogP contribution in [0.15, 0.2) is 48.8 Å². The number of carbonyl (C=O) groups excluding carboxylic acids is 1. The highest BCUT2D eigenvalue weighted by Gasteiger charge is 2.15. The lowest BCUT2D eigenvalue weighted by molar-refractivity contribution is -0.115. The number of hydrogen-bond donors (Lipinski definition) is 1. The van der Waals surface area contributed by atoms with Crippen molar-refractivity contribution in [2.45, 2.75) is 26.2 Å². The molecule has 1 aromatic heterocycles. The Bertz CT molecular complexity index is 631. The van der Waals surface area contributed by atoms with Gasteiger partial charge in [-0.25, -0.2) is 0 Å². The van der Waals surface area contributed by atoms with Crippen molar-refractivity contribution in [3.8, 4) is 0 Å². The van der Waals surface area contributed by atoms with Gasteiger partial charge >= 0.3 is 0 Å². The zero-order valence-electron chi connectivity index (χ0n) is 13.5.